The molecule has 0 amide bonds. The number of phenols is 3. The molecule has 3 N–H and O–H groups in total. The molecule has 0 aromatic heterocycles. The Morgan fingerprint density at radius 3 is 1.80 bits per heavy atom. The predicted octanol–water partition coefficient (Wildman–Crippen LogP) is 4.61. The molecule has 0 aliphatic heterocycles. The van der Waals surface area contributed by atoms with E-state index in [4.69, 9.17) is 0 Å². The molecule has 4 aromatic rings. The summed E-state index contributed by atoms with van der Waals surface area (Å²) in [5, 5.41) is 31.2. The van der Waals surface area contributed by atoms with Crippen molar-refractivity contribution in [1.82, 2.24) is 0 Å². The maximum atomic E-state index is 10.5. The van der Waals surface area contributed by atoms with E-state index in [-0.39, 0.29) is 17.2 Å². The third-order valence-corrected chi connectivity index (χ3v) is 3.86. The highest BCUT2D eigenvalue weighted by Crippen LogP contribution is 2.29. The summed E-state index contributed by atoms with van der Waals surface area (Å²) < 4.78 is 0. The third kappa shape index (κ3) is 3.53. The average Bonchev–Trinajstić information content (AvgIpc) is 2.63. The molecule has 124 valence electrons. The van der Waals surface area contributed by atoms with Crippen molar-refractivity contribution >= 4 is 27.8 Å². The molecule has 0 saturated heterocycles. The van der Waals surface area contributed by atoms with E-state index in [0.717, 1.165) is 17.1 Å². The fraction of sp³-hybridized carbons (Fsp3) is 0. The highest BCUT2D eigenvalue weighted by molar-refractivity contribution is 5.92. The zero-order chi connectivity index (χ0) is 17.8. The Morgan fingerprint density at radius 1 is 0.640 bits per heavy atom. The van der Waals surface area contributed by atoms with Crippen LogP contribution in [-0.4, -0.2) is 21.6 Å². The molecule has 0 aliphatic carbocycles. The Hall–Kier alpha value is -3.53. The molecule has 4 heteroatoms. The number of hydrogen-bond acceptors (Lipinski definition) is 4. The van der Waals surface area contributed by atoms with Gasteiger partial charge in [-0.1, -0.05) is 42.5 Å². The first-order valence-corrected chi connectivity index (χ1v) is 7.66. The van der Waals surface area contributed by atoms with Crippen molar-refractivity contribution in [2.75, 3.05) is 0 Å². The minimum absolute atomic E-state index is 0.198. The summed E-state index contributed by atoms with van der Waals surface area (Å²) in [5.41, 5.74) is 0.651. The smallest absolute Gasteiger partial charge is 0.150 e. The van der Waals surface area contributed by atoms with Crippen LogP contribution in [0.1, 0.15) is 10.4 Å². The Bertz CT molecular complexity index is 1010. The maximum Gasteiger partial charge on any atom is 0.150 e. The van der Waals surface area contributed by atoms with Gasteiger partial charge in [-0.15, -0.1) is 0 Å². The van der Waals surface area contributed by atoms with Crippen molar-refractivity contribution in [2.24, 2.45) is 0 Å². The summed E-state index contributed by atoms with van der Waals surface area (Å²) in [7, 11) is 0. The summed E-state index contributed by atoms with van der Waals surface area (Å²) in [4.78, 5) is 10.5. The second kappa shape index (κ2) is 6.93. The molecule has 25 heavy (non-hydrogen) atoms. The van der Waals surface area contributed by atoms with Crippen LogP contribution in [0, 0.1) is 0 Å². The molecule has 0 spiro atoms. The van der Waals surface area contributed by atoms with Crippen LogP contribution >= 0.6 is 0 Å². The number of carbonyl (C=O) groups excluding carboxylic acids is 1. The zero-order valence-corrected chi connectivity index (χ0v) is 13.3. The van der Waals surface area contributed by atoms with Crippen LogP contribution in [0.15, 0.2) is 72.8 Å². The van der Waals surface area contributed by atoms with E-state index in [2.05, 4.69) is 0 Å². The van der Waals surface area contributed by atoms with Gasteiger partial charge < -0.3 is 15.3 Å². The molecule has 0 atom stereocenters. The highest BCUT2D eigenvalue weighted by Gasteiger charge is 2.01. The molecule has 0 unspecified atom stereocenters. The Labute approximate surface area is 144 Å². The lowest BCUT2D eigenvalue weighted by molar-refractivity contribution is 0.112. The van der Waals surface area contributed by atoms with Gasteiger partial charge in [-0.3, -0.25) is 4.79 Å². The summed E-state index contributed by atoms with van der Waals surface area (Å²) >= 11 is 0. The van der Waals surface area contributed by atoms with E-state index in [0.29, 0.717) is 16.3 Å². The van der Waals surface area contributed by atoms with Crippen LogP contribution < -0.4 is 0 Å². The molecule has 0 heterocycles. The number of benzene rings is 4. The van der Waals surface area contributed by atoms with E-state index in [1.54, 1.807) is 66.7 Å². The van der Waals surface area contributed by atoms with Gasteiger partial charge in [0.2, 0.25) is 0 Å². The van der Waals surface area contributed by atoms with Crippen LogP contribution in [0.3, 0.4) is 0 Å². The third-order valence-electron chi connectivity index (χ3n) is 3.86. The largest absolute Gasteiger partial charge is 0.508 e. The predicted molar refractivity (Wildman–Crippen MR) is 98.3 cm³/mol. The van der Waals surface area contributed by atoms with E-state index < -0.39 is 0 Å². The lowest BCUT2D eigenvalue weighted by atomic mass is 10.1. The lowest BCUT2D eigenvalue weighted by Crippen LogP contribution is -1.79. The monoisotopic (exact) mass is 332 g/mol. The van der Waals surface area contributed by atoms with Gasteiger partial charge in [0.1, 0.15) is 23.5 Å². The molecule has 0 bridgehead atoms. The van der Waals surface area contributed by atoms with Gasteiger partial charge in [-0.05, 0) is 41.1 Å². The zero-order valence-electron chi connectivity index (χ0n) is 13.3. The summed E-state index contributed by atoms with van der Waals surface area (Å²) in [6.45, 7) is 0. The van der Waals surface area contributed by atoms with Gasteiger partial charge in [0, 0.05) is 16.3 Å². The molecule has 0 radical (unpaired) electrons. The molecule has 0 saturated carbocycles. The van der Waals surface area contributed by atoms with Crippen molar-refractivity contribution in [3.63, 3.8) is 0 Å². The first kappa shape index (κ1) is 16.3. The van der Waals surface area contributed by atoms with Crippen molar-refractivity contribution in [2.45, 2.75) is 0 Å². The lowest BCUT2D eigenvalue weighted by Gasteiger charge is -2.01. The Morgan fingerprint density at radius 2 is 1.20 bits per heavy atom. The first-order valence-electron chi connectivity index (χ1n) is 7.66. The number of rotatable bonds is 1. The second-order valence-corrected chi connectivity index (χ2v) is 5.56. The van der Waals surface area contributed by atoms with Crippen molar-refractivity contribution < 1.29 is 20.1 Å². The van der Waals surface area contributed by atoms with Gasteiger partial charge in [-0.2, -0.15) is 0 Å². The second-order valence-electron chi connectivity index (χ2n) is 5.56. The Balaban J connectivity index is 0.000000146. The summed E-state index contributed by atoms with van der Waals surface area (Å²) in [6, 6.07) is 20.6. The Kier molecular flexibility index (Phi) is 4.53. The van der Waals surface area contributed by atoms with E-state index in [9.17, 15) is 20.1 Å². The quantitative estimate of drug-likeness (QED) is 0.445. The molecule has 4 nitrogen and oxygen atoms in total. The number of aldehydes is 1. The number of carbonyl (C=O) groups is 1. The van der Waals surface area contributed by atoms with Gasteiger partial charge in [0.25, 0.3) is 0 Å². The molecule has 4 aromatic carbocycles. The van der Waals surface area contributed by atoms with Crippen LogP contribution in [0.2, 0.25) is 0 Å². The first-order chi connectivity index (χ1) is 12.1. The number of phenolic OH excluding ortho intramolecular Hbond substituents is 3. The van der Waals surface area contributed by atoms with Gasteiger partial charge in [0.05, 0.1) is 0 Å². The van der Waals surface area contributed by atoms with Gasteiger partial charge >= 0.3 is 0 Å². The number of fused-ring (bicyclic) bond motifs is 2. The standard InChI is InChI=1S/C11H8O2.C10H8O2/c12-7-8-1-2-10-6-11(13)4-3-9(10)5-8;11-9-5-1-3-7-8(9)4-2-6-10(7)12/h1-7,13H;1-6,11-12H. The summed E-state index contributed by atoms with van der Waals surface area (Å²) in [6.07, 6.45) is 0.812. The van der Waals surface area contributed by atoms with Crippen LogP contribution in [0.5, 0.6) is 17.2 Å². The number of hydrogen-bond donors (Lipinski definition) is 3. The molecule has 0 aliphatic rings. The van der Waals surface area contributed by atoms with E-state index >= 15 is 0 Å². The molecular weight excluding hydrogens is 316 g/mol. The highest BCUT2D eigenvalue weighted by atomic mass is 16.3. The minimum atomic E-state index is 0.198. The van der Waals surface area contributed by atoms with Crippen LogP contribution in [0.4, 0.5) is 0 Å². The maximum absolute atomic E-state index is 10.5. The fourth-order valence-corrected chi connectivity index (χ4v) is 2.60. The van der Waals surface area contributed by atoms with Crippen LogP contribution in [0.25, 0.3) is 21.5 Å². The van der Waals surface area contributed by atoms with E-state index in [1.165, 1.54) is 0 Å². The number of aromatic hydroxyl groups is 3. The summed E-state index contributed by atoms with van der Waals surface area (Å²) in [5.74, 6) is 0.637. The van der Waals surface area contributed by atoms with Crippen molar-refractivity contribution in [3.05, 3.63) is 78.4 Å². The SMILES string of the molecule is O=Cc1ccc2cc(O)ccc2c1.Oc1cccc2c(O)cccc12. The van der Waals surface area contributed by atoms with Gasteiger partial charge in [0.15, 0.2) is 0 Å². The average molecular weight is 332 g/mol. The molecule has 0 fully saturated rings. The van der Waals surface area contributed by atoms with E-state index in [1.807, 2.05) is 6.07 Å². The topological polar surface area (TPSA) is 77.8 Å². The van der Waals surface area contributed by atoms with Crippen LogP contribution in [-0.2, 0) is 0 Å². The normalized spacial score (nSPS) is 10.2. The fourth-order valence-electron chi connectivity index (χ4n) is 2.60. The minimum Gasteiger partial charge on any atom is -0.508 e. The molecular formula is C21H16O4. The van der Waals surface area contributed by atoms with Crippen molar-refractivity contribution in [3.8, 4) is 17.2 Å². The van der Waals surface area contributed by atoms with Gasteiger partial charge in [-0.25, -0.2) is 0 Å². The molecule has 4 rings (SSSR count). The van der Waals surface area contributed by atoms with Crippen molar-refractivity contribution in [1.29, 1.82) is 0 Å².